The Balaban J connectivity index is 1.28. The highest BCUT2D eigenvalue weighted by Gasteiger charge is 2.39. The molecular formula is C42H28BN3. The van der Waals surface area contributed by atoms with Crippen LogP contribution in [0.1, 0.15) is 5.56 Å². The minimum Gasteiger partial charge on any atom is -0.382 e. The molecule has 0 spiro atoms. The minimum absolute atomic E-state index is 0.0547. The molecule has 0 amide bonds. The summed E-state index contributed by atoms with van der Waals surface area (Å²) in [4.78, 5) is 12.7. The molecule has 0 bridgehead atoms. The summed E-state index contributed by atoms with van der Waals surface area (Å²) in [6.45, 7) is 0.0547. The average Bonchev–Trinajstić information content (AvgIpc) is 3.15. The predicted octanol–water partition coefficient (Wildman–Crippen LogP) is 8.72. The summed E-state index contributed by atoms with van der Waals surface area (Å²) in [5, 5.41) is 0. The van der Waals surface area contributed by atoms with Crippen molar-refractivity contribution in [1.82, 2.24) is 9.97 Å². The molecule has 214 valence electrons. The average molecular weight is 586 g/mol. The number of hydrogen-bond donors (Lipinski definition) is 0. The van der Waals surface area contributed by atoms with Crippen molar-refractivity contribution in [3.63, 3.8) is 0 Å². The van der Waals surface area contributed by atoms with Gasteiger partial charge in [-0.05, 0) is 57.6 Å². The third kappa shape index (κ3) is 4.38. The van der Waals surface area contributed by atoms with E-state index in [9.17, 15) is 0 Å². The van der Waals surface area contributed by atoms with Crippen LogP contribution in [-0.2, 0) is 0 Å². The van der Waals surface area contributed by atoms with Crippen molar-refractivity contribution in [3.05, 3.63) is 169 Å². The summed E-state index contributed by atoms with van der Waals surface area (Å²) in [6.07, 6.45) is 4.47. The van der Waals surface area contributed by atoms with E-state index in [1.807, 2.05) is 12.1 Å². The number of benzene rings is 6. The number of anilines is 1. The highest BCUT2D eigenvalue weighted by molar-refractivity contribution is 6.91. The lowest BCUT2D eigenvalue weighted by Crippen LogP contribution is -2.59. The lowest BCUT2D eigenvalue weighted by molar-refractivity contribution is 1.18. The maximum absolute atomic E-state index is 5.15. The molecule has 2 aliphatic rings. The van der Waals surface area contributed by atoms with Crippen LogP contribution >= 0.6 is 0 Å². The zero-order chi connectivity index (χ0) is 30.5. The first-order chi connectivity index (χ1) is 22.8. The van der Waals surface area contributed by atoms with Gasteiger partial charge < -0.3 is 4.81 Å². The molecule has 0 unspecified atom stereocenters. The van der Waals surface area contributed by atoms with E-state index in [1.54, 1.807) is 0 Å². The standard InChI is InChI=1S/C42H28BN3/c1-4-13-29(14-5-1)34-20-12-22-37-41(34)35-24-23-33(27-40(35)46-26-25-30-15-10-11-21-36(30)43(37)46)42-44-38(31-16-6-2-7-17-31)28-39(45-42)32-18-8-3-9-19-32/h1-28H. The van der Waals surface area contributed by atoms with Crippen LogP contribution in [0.25, 0.3) is 62.2 Å². The molecule has 3 nitrogen and oxygen atoms in total. The Kier molecular flexibility index (Phi) is 6.24. The van der Waals surface area contributed by atoms with E-state index < -0.39 is 0 Å². The second kappa shape index (κ2) is 10.9. The zero-order valence-corrected chi connectivity index (χ0v) is 25.1. The topological polar surface area (TPSA) is 29.0 Å². The van der Waals surface area contributed by atoms with Crippen molar-refractivity contribution in [2.24, 2.45) is 0 Å². The van der Waals surface area contributed by atoms with E-state index in [2.05, 4.69) is 163 Å². The van der Waals surface area contributed by atoms with Gasteiger partial charge in [-0.15, -0.1) is 0 Å². The van der Waals surface area contributed by atoms with Gasteiger partial charge in [0.2, 0.25) is 0 Å². The highest BCUT2D eigenvalue weighted by atomic mass is 15.1. The molecule has 0 N–H and O–H groups in total. The molecule has 0 aliphatic carbocycles. The van der Waals surface area contributed by atoms with E-state index in [4.69, 9.17) is 9.97 Å². The van der Waals surface area contributed by atoms with Crippen molar-refractivity contribution in [2.45, 2.75) is 0 Å². The van der Waals surface area contributed by atoms with Crippen LogP contribution in [0.2, 0.25) is 0 Å². The molecule has 0 fully saturated rings. The Morgan fingerprint density at radius 2 is 1.07 bits per heavy atom. The van der Waals surface area contributed by atoms with Gasteiger partial charge in [0.1, 0.15) is 0 Å². The van der Waals surface area contributed by atoms with Gasteiger partial charge in [-0.1, -0.05) is 146 Å². The van der Waals surface area contributed by atoms with Gasteiger partial charge in [-0.3, -0.25) is 0 Å². The molecule has 0 saturated heterocycles. The van der Waals surface area contributed by atoms with Crippen LogP contribution in [0, 0.1) is 0 Å². The molecular weight excluding hydrogens is 557 g/mol. The fourth-order valence-corrected chi connectivity index (χ4v) is 6.99. The van der Waals surface area contributed by atoms with Gasteiger partial charge >= 0.3 is 6.85 Å². The lowest BCUT2D eigenvalue weighted by atomic mass is 9.44. The van der Waals surface area contributed by atoms with E-state index in [1.165, 1.54) is 38.7 Å². The molecule has 0 atom stereocenters. The van der Waals surface area contributed by atoms with Crippen LogP contribution in [0.5, 0.6) is 0 Å². The number of hydrogen-bond acceptors (Lipinski definition) is 3. The molecule has 9 rings (SSSR count). The molecule has 46 heavy (non-hydrogen) atoms. The summed E-state index contributed by atoms with van der Waals surface area (Å²) in [7, 11) is 0. The zero-order valence-electron chi connectivity index (χ0n) is 25.1. The summed E-state index contributed by atoms with van der Waals surface area (Å²) in [5.41, 5.74) is 14.9. The Labute approximate surface area is 269 Å². The van der Waals surface area contributed by atoms with Gasteiger partial charge in [-0.25, -0.2) is 9.97 Å². The predicted molar refractivity (Wildman–Crippen MR) is 192 cm³/mol. The summed E-state index contributed by atoms with van der Waals surface area (Å²) in [5.74, 6) is 0.711. The number of fused-ring (bicyclic) bond motifs is 8. The second-order valence-corrected chi connectivity index (χ2v) is 11.8. The summed E-state index contributed by atoms with van der Waals surface area (Å²) in [6, 6.07) is 55.8. The van der Waals surface area contributed by atoms with E-state index in [0.29, 0.717) is 5.82 Å². The van der Waals surface area contributed by atoms with Crippen LogP contribution in [-0.4, -0.2) is 16.8 Å². The SMILES string of the molecule is C1=CN2B(c3ccccc31)c1cccc(-c3ccccc3)c1-c1ccc(-c3nc(-c4ccccc4)cc(-c4ccccc4)n3)cc12. The number of nitrogens with zero attached hydrogens (tertiary/aromatic N) is 3. The Morgan fingerprint density at radius 3 is 1.76 bits per heavy atom. The highest BCUT2D eigenvalue weighted by Crippen LogP contribution is 2.43. The van der Waals surface area contributed by atoms with E-state index >= 15 is 0 Å². The van der Waals surface area contributed by atoms with Crippen LogP contribution in [0.4, 0.5) is 5.69 Å². The Morgan fingerprint density at radius 1 is 0.457 bits per heavy atom. The van der Waals surface area contributed by atoms with E-state index in [-0.39, 0.29) is 6.85 Å². The quantitative estimate of drug-likeness (QED) is 0.194. The molecule has 0 saturated carbocycles. The Hall–Kier alpha value is -6.00. The van der Waals surface area contributed by atoms with Gasteiger partial charge in [0.15, 0.2) is 5.82 Å². The molecule has 3 heterocycles. The minimum atomic E-state index is 0.0547. The molecule has 0 radical (unpaired) electrons. The lowest BCUT2D eigenvalue weighted by Gasteiger charge is -2.40. The molecule has 4 heteroatoms. The first-order valence-electron chi connectivity index (χ1n) is 15.7. The van der Waals surface area contributed by atoms with Gasteiger partial charge in [0, 0.05) is 27.9 Å². The van der Waals surface area contributed by atoms with Crippen molar-refractivity contribution in [1.29, 1.82) is 0 Å². The molecule has 7 aromatic rings. The second-order valence-electron chi connectivity index (χ2n) is 11.8. The first-order valence-corrected chi connectivity index (χ1v) is 15.7. The maximum atomic E-state index is 5.15. The fourth-order valence-electron chi connectivity index (χ4n) is 6.99. The Bertz CT molecular complexity index is 2210. The largest absolute Gasteiger partial charge is 0.382 e. The van der Waals surface area contributed by atoms with Crippen molar-refractivity contribution in [3.8, 4) is 56.2 Å². The first kappa shape index (κ1) is 26.4. The van der Waals surface area contributed by atoms with Crippen LogP contribution in [0.3, 0.4) is 0 Å². The van der Waals surface area contributed by atoms with Gasteiger partial charge in [-0.2, -0.15) is 0 Å². The van der Waals surface area contributed by atoms with Crippen LogP contribution < -0.4 is 15.7 Å². The van der Waals surface area contributed by atoms with Crippen molar-refractivity contribution < 1.29 is 0 Å². The van der Waals surface area contributed by atoms with Gasteiger partial charge in [0.05, 0.1) is 11.4 Å². The number of rotatable bonds is 4. The third-order valence-corrected chi connectivity index (χ3v) is 9.13. The maximum Gasteiger partial charge on any atom is 0.328 e. The summed E-state index contributed by atoms with van der Waals surface area (Å²) < 4.78 is 0. The smallest absolute Gasteiger partial charge is 0.328 e. The van der Waals surface area contributed by atoms with Gasteiger partial charge in [0.25, 0.3) is 0 Å². The van der Waals surface area contributed by atoms with E-state index in [0.717, 1.165) is 33.8 Å². The molecule has 1 aromatic heterocycles. The van der Waals surface area contributed by atoms with Crippen molar-refractivity contribution in [2.75, 3.05) is 4.81 Å². The normalized spacial score (nSPS) is 12.6. The molecule has 6 aromatic carbocycles. The summed E-state index contributed by atoms with van der Waals surface area (Å²) >= 11 is 0. The van der Waals surface area contributed by atoms with Crippen molar-refractivity contribution >= 4 is 29.5 Å². The number of aromatic nitrogens is 2. The fraction of sp³-hybridized carbons (Fsp3) is 0. The molecule has 2 aliphatic heterocycles. The van der Waals surface area contributed by atoms with Crippen LogP contribution in [0.15, 0.2) is 164 Å². The third-order valence-electron chi connectivity index (χ3n) is 9.13. The monoisotopic (exact) mass is 585 g/mol.